The van der Waals surface area contributed by atoms with Gasteiger partial charge in [0.25, 0.3) is 5.91 Å². The number of hydrogen-bond acceptors (Lipinski definition) is 4. The van der Waals surface area contributed by atoms with Gasteiger partial charge in [0.1, 0.15) is 0 Å². The molecular weight excluding hydrogens is 355 g/mol. The van der Waals surface area contributed by atoms with E-state index < -0.39 is 0 Å². The first-order valence-electron chi connectivity index (χ1n) is 7.12. The number of amides is 1. The molecule has 0 aliphatic carbocycles. The van der Waals surface area contributed by atoms with Crippen LogP contribution in [0.2, 0.25) is 10.0 Å². The zero-order valence-electron chi connectivity index (χ0n) is 12.2. The largest absolute Gasteiger partial charge is 0.329 e. The molecule has 0 saturated heterocycles. The van der Waals surface area contributed by atoms with Crippen molar-refractivity contribution in [2.75, 3.05) is 6.54 Å². The van der Waals surface area contributed by atoms with Crippen LogP contribution >= 0.6 is 34.5 Å². The minimum absolute atomic E-state index is 0.00916. The summed E-state index contributed by atoms with van der Waals surface area (Å²) in [5.74, 6) is -0.103. The molecule has 3 aromatic rings. The van der Waals surface area contributed by atoms with Crippen LogP contribution in [0.3, 0.4) is 0 Å². The fraction of sp³-hybridized carbons (Fsp3) is 0.267. The van der Waals surface area contributed by atoms with Gasteiger partial charge < -0.3 is 4.90 Å². The average molecular weight is 367 g/mol. The number of aromatic nitrogens is 3. The highest BCUT2D eigenvalue weighted by atomic mass is 35.5. The van der Waals surface area contributed by atoms with Crippen molar-refractivity contribution in [1.29, 1.82) is 0 Å². The number of hydrogen-bond donors (Lipinski definition) is 0. The van der Waals surface area contributed by atoms with Gasteiger partial charge in [0.05, 0.1) is 22.3 Å². The molecule has 0 aromatic carbocycles. The first-order valence-corrected chi connectivity index (χ1v) is 8.76. The van der Waals surface area contributed by atoms with Gasteiger partial charge in [-0.2, -0.15) is 5.10 Å². The fourth-order valence-corrected chi connectivity index (χ4v) is 4.50. The van der Waals surface area contributed by atoms with E-state index in [4.69, 9.17) is 23.2 Å². The Kier molecular flexibility index (Phi) is 3.55. The Balaban J connectivity index is 1.68. The predicted molar refractivity (Wildman–Crippen MR) is 90.5 cm³/mol. The predicted octanol–water partition coefficient (Wildman–Crippen LogP) is 3.86. The molecule has 4 rings (SSSR count). The smallest absolute Gasteiger partial charge is 0.274 e. The maximum atomic E-state index is 12.8. The summed E-state index contributed by atoms with van der Waals surface area (Å²) in [6.45, 7) is 2.65. The minimum atomic E-state index is -0.103. The summed E-state index contributed by atoms with van der Waals surface area (Å²) in [6.07, 6.45) is 3.94. The van der Waals surface area contributed by atoms with Crippen molar-refractivity contribution >= 4 is 46.1 Å². The number of carbonyl (C=O) groups is 1. The third-order valence-corrected chi connectivity index (χ3v) is 5.94. The molecule has 4 heterocycles. The van der Waals surface area contributed by atoms with E-state index in [9.17, 15) is 4.79 Å². The second kappa shape index (κ2) is 5.47. The quantitative estimate of drug-likeness (QED) is 0.656. The molecule has 118 valence electrons. The Morgan fingerprint density at radius 3 is 3.09 bits per heavy atom. The lowest BCUT2D eigenvalue weighted by atomic mass is 10.0. The molecule has 5 nitrogen and oxygen atoms in total. The van der Waals surface area contributed by atoms with Crippen molar-refractivity contribution in [2.24, 2.45) is 0 Å². The van der Waals surface area contributed by atoms with E-state index in [1.807, 2.05) is 17.2 Å². The molecule has 0 saturated carbocycles. The molecule has 3 aromatic heterocycles. The maximum Gasteiger partial charge on any atom is 0.274 e. The van der Waals surface area contributed by atoms with E-state index in [0.29, 0.717) is 22.9 Å². The van der Waals surface area contributed by atoms with Crippen LogP contribution in [-0.4, -0.2) is 31.9 Å². The average Bonchev–Trinajstić information content (AvgIpc) is 3.11. The second-order valence-electron chi connectivity index (χ2n) is 5.46. The number of halogens is 2. The van der Waals surface area contributed by atoms with Crippen LogP contribution in [0.25, 0.3) is 5.65 Å². The first-order chi connectivity index (χ1) is 11.0. The highest BCUT2D eigenvalue weighted by Crippen LogP contribution is 2.38. The molecule has 23 heavy (non-hydrogen) atoms. The summed E-state index contributed by atoms with van der Waals surface area (Å²) >= 11 is 13.7. The summed E-state index contributed by atoms with van der Waals surface area (Å²) in [5.41, 5.74) is 2.14. The van der Waals surface area contributed by atoms with Gasteiger partial charge in [-0.3, -0.25) is 4.79 Å². The lowest BCUT2D eigenvalue weighted by Crippen LogP contribution is -2.38. The molecule has 1 amide bonds. The molecule has 0 spiro atoms. The van der Waals surface area contributed by atoms with Gasteiger partial charge in [0, 0.05) is 29.1 Å². The van der Waals surface area contributed by atoms with Gasteiger partial charge in [0.2, 0.25) is 0 Å². The Bertz CT molecular complexity index is 919. The summed E-state index contributed by atoms with van der Waals surface area (Å²) < 4.78 is 1.53. The third kappa shape index (κ3) is 2.41. The maximum absolute atomic E-state index is 12.8. The van der Waals surface area contributed by atoms with Gasteiger partial charge in [-0.25, -0.2) is 9.50 Å². The van der Waals surface area contributed by atoms with Crippen LogP contribution in [0.15, 0.2) is 23.8 Å². The Labute approximate surface area is 146 Å². The highest BCUT2D eigenvalue weighted by molar-refractivity contribution is 7.10. The van der Waals surface area contributed by atoms with E-state index in [1.54, 1.807) is 23.6 Å². The van der Waals surface area contributed by atoms with Crippen molar-refractivity contribution in [1.82, 2.24) is 19.5 Å². The van der Waals surface area contributed by atoms with Gasteiger partial charge in [-0.05, 0) is 18.9 Å². The van der Waals surface area contributed by atoms with E-state index in [1.165, 1.54) is 10.7 Å². The minimum Gasteiger partial charge on any atom is -0.329 e. The SMILES string of the molecule is CC1c2scc(Cl)c2CCN1C(=O)c1cc2ncc(Cl)cn2n1. The second-order valence-corrected chi connectivity index (χ2v) is 7.21. The standard InChI is InChI=1S/C15H12Cl2N4OS/c1-8-14-10(11(17)7-23-14)2-3-20(8)15(22)12-4-13-18-5-9(16)6-21(13)19-12/h4-8H,2-3H2,1H3. The van der Waals surface area contributed by atoms with Crippen molar-refractivity contribution in [2.45, 2.75) is 19.4 Å². The molecule has 0 N–H and O–H groups in total. The molecule has 1 aliphatic heterocycles. The highest BCUT2D eigenvalue weighted by Gasteiger charge is 2.31. The Hall–Kier alpha value is -1.63. The summed E-state index contributed by atoms with van der Waals surface area (Å²) in [7, 11) is 0. The summed E-state index contributed by atoms with van der Waals surface area (Å²) in [4.78, 5) is 20.0. The molecular formula is C15H12Cl2N4OS. The van der Waals surface area contributed by atoms with E-state index in [-0.39, 0.29) is 11.9 Å². The molecule has 0 fully saturated rings. The normalized spacial score (nSPS) is 17.5. The number of rotatable bonds is 1. The summed E-state index contributed by atoms with van der Waals surface area (Å²) in [6, 6.07) is 1.67. The van der Waals surface area contributed by atoms with Crippen LogP contribution in [0, 0.1) is 0 Å². The first kappa shape index (κ1) is 14.9. The van der Waals surface area contributed by atoms with Crippen LogP contribution in [0.1, 0.15) is 33.9 Å². The molecule has 0 bridgehead atoms. The lowest BCUT2D eigenvalue weighted by molar-refractivity contribution is 0.0675. The van der Waals surface area contributed by atoms with Crippen LogP contribution in [-0.2, 0) is 6.42 Å². The topological polar surface area (TPSA) is 50.5 Å². The number of fused-ring (bicyclic) bond motifs is 2. The van der Waals surface area contributed by atoms with Crippen LogP contribution in [0.4, 0.5) is 0 Å². The van der Waals surface area contributed by atoms with Crippen molar-refractivity contribution in [3.63, 3.8) is 0 Å². The van der Waals surface area contributed by atoms with Crippen molar-refractivity contribution < 1.29 is 4.79 Å². The summed E-state index contributed by atoms with van der Waals surface area (Å²) in [5, 5.41) is 7.52. The van der Waals surface area contributed by atoms with Gasteiger partial charge in [-0.1, -0.05) is 23.2 Å². The van der Waals surface area contributed by atoms with Crippen LogP contribution < -0.4 is 0 Å². The Morgan fingerprint density at radius 1 is 1.43 bits per heavy atom. The lowest BCUT2D eigenvalue weighted by Gasteiger charge is -2.33. The van der Waals surface area contributed by atoms with Gasteiger partial charge in [-0.15, -0.1) is 11.3 Å². The molecule has 0 radical (unpaired) electrons. The van der Waals surface area contributed by atoms with E-state index >= 15 is 0 Å². The molecule has 1 atom stereocenters. The third-order valence-electron chi connectivity index (χ3n) is 4.09. The Morgan fingerprint density at radius 2 is 2.26 bits per heavy atom. The van der Waals surface area contributed by atoms with Crippen molar-refractivity contribution in [3.8, 4) is 0 Å². The number of carbonyl (C=O) groups excluding carboxylic acids is 1. The van der Waals surface area contributed by atoms with Crippen LogP contribution in [0.5, 0.6) is 0 Å². The fourth-order valence-electron chi connectivity index (χ4n) is 2.92. The van der Waals surface area contributed by atoms with Gasteiger partial charge in [0.15, 0.2) is 11.3 Å². The van der Waals surface area contributed by atoms with Crippen molar-refractivity contribution in [3.05, 3.63) is 50.0 Å². The number of nitrogens with zero attached hydrogens (tertiary/aromatic N) is 4. The van der Waals surface area contributed by atoms with E-state index in [2.05, 4.69) is 10.1 Å². The molecule has 1 aliphatic rings. The molecule has 1 unspecified atom stereocenters. The molecule has 8 heteroatoms. The zero-order chi connectivity index (χ0) is 16.1. The van der Waals surface area contributed by atoms with Gasteiger partial charge >= 0.3 is 0 Å². The van der Waals surface area contributed by atoms with E-state index in [0.717, 1.165) is 21.9 Å². The number of thiophene rings is 1. The zero-order valence-corrected chi connectivity index (χ0v) is 14.5. The monoisotopic (exact) mass is 366 g/mol.